The van der Waals surface area contributed by atoms with Crippen LogP contribution in [0.15, 0.2) is 0 Å². The number of unbranched alkanes of at least 4 members (excludes halogenated alkanes) is 7. The van der Waals surface area contributed by atoms with Gasteiger partial charge in [-0.3, -0.25) is 14.4 Å². The van der Waals surface area contributed by atoms with Crippen molar-refractivity contribution < 1.29 is 24.6 Å². The number of hydrogen-bond donors (Lipinski definition) is 2. The molecule has 0 spiro atoms. The number of carboxylic acids is 2. The highest BCUT2D eigenvalue weighted by atomic mass is 16.4. The minimum absolute atomic E-state index is 0.276. The van der Waals surface area contributed by atoms with Crippen LogP contribution in [0.5, 0.6) is 0 Å². The Bertz CT molecular complexity index is 383. The molecule has 0 aliphatic heterocycles. The molecule has 2 N–H and O–H groups in total. The second kappa shape index (κ2) is 21.3. The van der Waals surface area contributed by atoms with Crippen molar-refractivity contribution in [3.8, 4) is 0 Å². The van der Waals surface area contributed by atoms with Crippen LogP contribution in [-0.4, -0.2) is 27.9 Å². The highest BCUT2D eigenvalue weighted by molar-refractivity contribution is 5.78. The van der Waals surface area contributed by atoms with Crippen molar-refractivity contribution in [2.24, 2.45) is 0 Å². The summed E-state index contributed by atoms with van der Waals surface area (Å²) in [5.74, 6) is -0.928. The average molecular weight is 413 g/mol. The number of carbonyl (C=O) groups excluding carboxylic acids is 1. The van der Waals surface area contributed by atoms with Gasteiger partial charge in [-0.05, 0) is 25.7 Å². The molecule has 0 aromatic rings. The summed E-state index contributed by atoms with van der Waals surface area (Å²) in [7, 11) is 0. The molecule has 5 nitrogen and oxygen atoms in total. The molecule has 0 aromatic heterocycles. The van der Waals surface area contributed by atoms with E-state index in [1.807, 2.05) is 0 Å². The van der Waals surface area contributed by atoms with Crippen molar-refractivity contribution in [1.82, 2.24) is 0 Å². The maximum absolute atomic E-state index is 11.3. The summed E-state index contributed by atoms with van der Waals surface area (Å²) >= 11 is 0. The van der Waals surface area contributed by atoms with Crippen LogP contribution in [0.4, 0.5) is 0 Å². The van der Waals surface area contributed by atoms with Gasteiger partial charge in [-0.15, -0.1) is 0 Å². The number of Topliss-reactive ketones (excluding diaryl/α,β-unsaturated/α-hetero) is 1. The van der Waals surface area contributed by atoms with E-state index in [0.29, 0.717) is 5.78 Å². The molecule has 5 heteroatoms. The molecule has 170 valence electrons. The third kappa shape index (κ3) is 24.6. The molecule has 0 atom stereocenters. The molecule has 1 fully saturated rings. The monoisotopic (exact) mass is 412 g/mol. The van der Waals surface area contributed by atoms with E-state index < -0.39 is 11.9 Å². The van der Waals surface area contributed by atoms with Crippen LogP contribution in [0, 0.1) is 0 Å². The van der Waals surface area contributed by atoms with E-state index in [1.165, 1.54) is 44.9 Å². The first kappa shape index (κ1) is 27.6. The molecule has 0 amide bonds. The van der Waals surface area contributed by atoms with E-state index in [4.69, 9.17) is 10.2 Å². The number of hydrogen-bond acceptors (Lipinski definition) is 3. The molecule has 0 radical (unpaired) electrons. The van der Waals surface area contributed by atoms with E-state index in [0.717, 1.165) is 77.0 Å². The maximum atomic E-state index is 11.3. The fourth-order valence-corrected chi connectivity index (χ4v) is 3.62. The van der Waals surface area contributed by atoms with E-state index in [-0.39, 0.29) is 12.8 Å². The number of carboxylic acid groups (broad SMARTS) is 2. The zero-order valence-electron chi connectivity index (χ0n) is 18.5. The second-order valence-electron chi connectivity index (χ2n) is 8.34. The topological polar surface area (TPSA) is 91.7 Å². The van der Waals surface area contributed by atoms with Gasteiger partial charge in [-0.25, -0.2) is 0 Å². The molecule has 1 rings (SSSR count). The van der Waals surface area contributed by atoms with Gasteiger partial charge >= 0.3 is 11.9 Å². The Morgan fingerprint density at radius 2 is 0.793 bits per heavy atom. The van der Waals surface area contributed by atoms with E-state index in [1.54, 1.807) is 0 Å². The maximum Gasteiger partial charge on any atom is 0.303 e. The molecule has 1 saturated carbocycles. The summed E-state index contributed by atoms with van der Waals surface area (Å²) in [6.07, 6.45) is 21.9. The Kier molecular flexibility index (Phi) is 20.3. The first-order valence-electron chi connectivity index (χ1n) is 12.0. The Morgan fingerprint density at radius 3 is 1.10 bits per heavy atom. The molecule has 29 heavy (non-hydrogen) atoms. The van der Waals surface area contributed by atoms with Gasteiger partial charge in [0.2, 0.25) is 0 Å². The van der Waals surface area contributed by atoms with Crippen LogP contribution in [-0.2, 0) is 14.4 Å². The first-order chi connectivity index (χ1) is 14.0. The zero-order chi connectivity index (χ0) is 21.6. The van der Waals surface area contributed by atoms with E-state index in [2.05, 4.69) is 0 Å². The van der Waals surface area contributed by atoms with Gasteiger partial charge < -0.3 is 10.2 Å². The van der Waals surface area contributed by atoms with E-state index >= 15 is 0 Å². The average Bonchev–Trinajstić information content (AvgIpc) is 2.66. The third-order valence-electron chi connectivity index (χ3n) is 5.44. The highest BCUT2D eigenvalue weighted by Crippen LogP contribution is 2.14. The lowest BCUT2D eigenvalue weighted by Gasteiger charge is -2.05. The number of carbonyl (C=O) groups is 3. The first-order valence-corrected chi connectivity index (χ1v) is 12.0. The minimum atomic E-state index is -0.714. The fourth-order valence-electron chi connectivity index (χ4n) is 3.62. The lowest BCUT2D eigenvalue weighted by molar-refractivity contribution is -0.138. The molecule has 0 aromatic carbocycles. The molecule has 1 aliphatic rings. The summed E-state index contributed by atoms with van der Waals surface area (Å²) in [6.45, 7) is 0. The summed E-state index contributed by atoms with van der Waals surface area (Å²) in [5.41, 5.74) is 0. The second-order valence-corrected chi connectivity index (χ2v) is 8.34. The van der Waals surface area contributed by atoms with Gasteiger partial charge in [0.1, 0.15) is 5.78 Å². The molecule has 0 heterocycles. The van der Waals surface area contributed by atoms with Crippen LogP contribution in [0.3, 0.4) is 0 Å². The quantitative estimate of drug-likeness (QED) is 0.359. The highest BCUT2D eigenvalue weighted by Gasteiger charge is 2.03. The smallest absolute Gasteiger partial charge is 0.303 e. The molecule has 0 unspecified atom stereocenters. The Labute approximate surface area is 177 Å². The van der Waals surface area contributed by atoms with Crippen molar-refractivity contribution >= 4 is 17.7 Å². The van der Waals surface area contributed by atoms with Gasteiger partial charge in [-0.2, -0.15) is 0 Å². The lowest BCUT2D eigenvalue weighted by Crippen LogP contribution is -1.98. The van der Waals surface area contributed by atoms with Crippen LogP contribution >= 0.6 is 0 Å². The molecule has 0 bridgehead atoms. The standard InChI is InChI=1S/C12H22O4.C12H22O/c13-11(14)9-7-5-3-1-2-4-6-8-10-12(15)16;13-12-10-8-6-4-2-1-3-5-7-9-11-12/h1-10H2,(H,13,14)(H,15,16);1-11H2. The largest absolute Gasteiger partial charge is 0.481 e. The van der Waals surface area contributed by atoms with Crippen molar-refractivity contribution in [3.05, 3.63) is 0 Å². The van der Waals surface area contributed by atoms with Crippen LogP contribution in [0.2, 0.25) is 0 Å². The van der Waals surface area contributed by atoms with E-state index in [9.17, 15) is 14.4 Å². The lowest BCUT2D eigenvalue weighted by atomic mass is 10.0. The molecule has 0 saturated heterocycles. The van der Waals surface area contributed by atoms with Crippen LogP contribution in [0.1, 0.15) is 135 Å². The number of aliphatic carboxylic acids is 2. The summed E-state index contributed by atoms with van der Waals surface area (Å²) in [4.78, 5) is 31.7. The summed E-state index contributed by atoms with van der Waals surface area (Å²) < 4.78 is 0. The van der Waals surface area contributed by atoms with Crippen molar-refractivity contribution in [3.63, 3.8) is 0 Å². The number of ketones is 1. The summed E-state index contributed by atoms with van der Waals surface area (Å²) in [5, 5.41) is 16.8. The van der Waals surface area contributed by atoms with Gasteiger partial charge in [0.05, 0.1) is 0 Å². The normalized spacial score (nSPS) is 16.1. The van der Waals surface area contributed by atoms with Crippen LogP contribution in [0.25, 0.3) is 0 Å². The predicted octanol–water partition coefficient (Wildman–Crippen LogP) is 6.92. The van der Waals surface area contributed by atoms with Crippen LogP contribution < -0.4 is 0 Å². The summed E-state index contributed by atoms with van der Waals surface area (Å²) in [6, 6.07) is 0. The predicted molar refractivity (Wildman–Crippen MR) is 117 cm³/mol. The molecular formula is C24H44O5. The fraction of sp³-hybridized carbons (Fsp3) is 0.875. The number of rotatable bonds is 11. The van der Waals surface area contributed by atoms with Gasteiger partial charge in [0.15, 0.2) is 0 Å². The van der Waals surface area contributed by atoms with Gasteiger partial charge in [-0.1, -0.05) is 83.5 Å². The molecule has 1 aliphatic carbocycles. The SMILES string of the molecule is O=C(O)CCCCCCCCCCC(=O)O.O=C1CCCCCCCCCCC1. The van der Waals surface area contributed by atoms with Crippen molar-refractivity contribution in [1.29, 1.82) is 0 Å². The zero-order valence-corrected chi connectivity index (χ0v) is 18.5. The van der Waals surface area contributed by atoms with Gasteiger partial charge in [0, 0.05) is 25.7 Å². The minimum Gasteiger partial charge on any atom is -0.481 e. The Morgan fingerprint density at radius 1 is 0.517 bits per heavy atom. The van der Waals surface area contributed by atoms with Gasteiger partial charge in [0.25, 0.3) is 0 Å². The van der Waals surface area contributed by atoms with Crippen molar-refractivity contribution in [2.45, 2.75) is 135 Å². The Balaban J connectivity index is 0.000000551. The van der Waals surface area contributed by atoms with Crippen molar-refractivity contribution in [2.75, 3.05) is 0 Å². The Hall–Kier alpha value is -1.39. The molecular weight excluding hydrogens is 368 g/mol. The third-order valence-corrected chi connectivity index (χ3v) is 5.44.